The molecule has 3 heteroatoms. The highest BCUT2D eigenvalue weighted by molar-refractivity contribution is 6.15. The molecule has 26 heavy (non-hydrogen) atoms. The third-order valence-electron chi connectivity index (χ3n) is 4.53. The number of aliphatic imine (C=N–C) groups is 1. The van der Waals surface area contributed by atoms with Crippen molar-refractivity contribution in [2.75, 3.05) is 6.54 Å². The van der Waals surface area contributed by atoms with E-state index in [1.54, 1.807) is 12.3 Å². The second-order valence-electron chi connectivity index (χ2n) is 6.35. The largest absolute Gasteiger partial charge is 0.284 e. The number of halogens is 1. The number of aromatic nitrogens is 1. The predicted octanol–water partition coefficient (Wildman–Crippen LogP) is 5.55. The minimum Gasteiger partial charge on any atom is -0.284 e. The Morgan fingerprint density at radius 2 is 1.77 bits per heavy atom. The Labute approximate surface area is 152 Å². The number of hydrogen-bond donors (Lipinski definition) is 0. The Bertz CT molecular complexity index is 960. The fourth-order valence-corrected chi connectivity index (χ4v) is 3.27. The summed E-state index contributed by atoms with van der Waals surface area (Å²) in [6.45, 7) is 0.834. The summed E-state index contributed by atoms with van der Waals surface area (Å²) in [4.78, 5) is 8.92. The molecular weight excluding hydrogens is 323 g/mol. The Hall–Kier alpha value is -3.07. The molecule has 0 saturated carbocycles. The quantitative estimate of drug-likeness (QED) is 0.612. The molecule has 0 bridgehead atoms. The predicted molar refractivity (Wildman–Crippen MR) is 105 cm³/mol. The number of rotatable bonds is 3. The molecule has 2 nitrogen and oxygen atoms in total. The van der Waals surface area contributed by atoms with Crippen molar-refractivity contribution in [2.45, 2.75) is 12.8 Å². The zero-order valence-electron chi connectivity index (χ0n) is 14.4. The first-order valence-corrected chi connectivity index (χ1v) is 8.82. The van der Waals surface area contributed by atoms with Crippen molar-refractivity contribution < 1.29 is 4.39 Å². The molecule has 0 fully saturated rings. The molecular formula is C23H19FN2. The number of benzene rings is 2. The van der Waals surface area contributed by atoms with Crippen LogP contribution in [0.1, 0.15) is 24.0 Å². The van der Waals surface area contributed by atoms with Crippen LogP contribution < -0.4 is 0 Å². The van der Waals surface area contributed by atoms with Gasteiger partial charge in [0.25, 0.3) is 0 Å². The molecule has 0 aliphatic carbocycles. The van der Waals surface area contributed by atoms with Gasteiger partial charge < -0.3 is 0 Å². The van der Waals surface area contributed by atoms with Crippen LogP contribution in [-0.4, -0.2) is 17.2 Å². The van der Waals surface area contributed by atoms with Crippen LogP contribution >= 0.6 is 0 Å². The molecule has 1 aliphatic rings. The van der Waals surface area contributed by atoms with Gasteiger partial charge in [0.15, 0.2) is 0 Å². The Balaban J connectivity index is 1.74. The van der Waals surface area contributed by atoms with E-state index in [0.717, 1.165) is 41.8 Å². The van der Waals surface area contributed by atoms with Crippen molar-refractivity contribution in [2.24, 2.45) is 4.99 Å². The molecule has 0 N–H and O–H groups in total. The van der Waals surface area contributed by atoms with Crippen LogP contribution in [0.5, 0.6) is 0 Å². The summed E-state index contributed by atoms with van der Waals surface area (Å²) < 4.78 is 14.3. The van der Waals surface area contributed by atoms with Crippen molar-refractivity contribution in [1.82, 2.24) is 4.98 Å². The topological polar surface area (TPSA) is 25.2 Å². The van der Waals surface area contributed by atoms with Gasteiger partial charge in [0, 0.05) is 30.1 Å². The van der Waals surface area contributed by atoms with Crippen LogP contribution in [0.3, 0.4) is 0 Å². The molecule has 128 valence electrons. The summed E-state index contributed by atoms with van der Waals surface area (Å²) in [5, 5.41) is 0. The Morgan fingerprint density at radius 1 is 0.923 bits per heavy atom. The van der Waals surface area contributed by atoms with E-state index in [1.807, 2.05) is 60.8 Å². The van der Waals surface area contributed by atoms with Crippen molar-refractivity contribution in [1.29, 1.82) is 0 Å². The number of hydrogen-bond acceptors (Lipinski definition) is 2. The van der Waals surface area contributed by atoms with Crippen molar-refractivity contribution in [3.63, 3.8) is 0 Å². The Morgan fingerprint density at radius 3 is 2.58 bits per heavy atom. The van der Waals surface area contributed by atoms with Gasteiger partial charge in [-0.25, -0.2) is 4.39 Å². The lowest BCUT2D eigenvalue weighted by Gasteiger charge is -2.16. The lowest BCUT2D eigenvalue weighted by molar-refractivity contribution is 0.631. The maximum absolute atomic E-state index is 14.3. The van der Waals surface area contributed by atoms with Gasteiger partial charge in [0.1, 0.15) is 5.82 Å². The molecule has 0 saturated heterocycles. The number of allylic oxidation sites excluding steroid dienone is 1. The van der Waals surface area contributed by atoms with Gasteiger partial charge in [-0.15, -0.1) is 0 Å². The molecule has 2 heterocycles. The van der Waals surface area contributed by atoms with Crippen LogP contribution in [-0.2, 0) is 0 Å². The molecule has 0 radical (unpaired) electrons. The van der Waals surface area contributed by atoms with Crippen LogP contribution in [0, 0.1) is 5.82 Å². The van der Waals surface area contributed by atoms with Gasteiger partial charge in [0.05, 0.1) is 5.71 Å². The van der Waals surface area contributed by atoms with Crippen LogP contribution in [0.25, 0.3) is 17.2 Å². The van der Waals surface area contributed by atoms with Crippen molar-refractivity contribution in [3.05, 3.63) is 95.6 Å². The van der Waals surface area contributed by atoms with E-state index in [9.17, 15) is 4.39 Å². The standard InChI is InChI=1S/C23H19FN2/c24-22-11-10-17(15-21(22)18-6-2-1-3-7-18)14-19-8-5-13-26-23(19)20-9-4-12-25-16-20/h1-4,6-7,9-12,14-16H,5,8,13H2/b19-14-. The monoisotopic (exact) mass is 342 g/mol. The molecule has 1 aliphatic heterocycles. The van der Waals surface area contributed by atoms with Gasteiger partial charge in [-0.3, -0.25) is 9.98 Å². The van der Waals surface area contributed by atoms with Crippen LogP contribution in [0.4, 0.5) is 4.39 Å². The van der Waals surface area contributed by atoms with E-state index in [-0.39, 0.29) is 5.82 Å². The smallest absolute Gasteiger partial charge is 0.131 e. The van der Waals surface area contributed by atoms with Crippen LogP contribution in [0.15, 0.2) is 83.6 Å². The van der Waals surface area contributed by atoms with E-state index < -0.39 is 0 Å². The highest BCUT2D eigenvalue weighted by Gasteiger charge is 2.14. The normalized spacial score (nSPS) is 15.7. The summed E-state index contributed by atoms with van der Waals surface area (Å²) in [7, 11) is 0. The van der Waals surface area contributed by atoms with Crippen molar-refractivity contribution in [3.8, 4) is 11.1 Å². The highest BCUT2D eigenvalue weighted by atomic mass is 19.1. The minimum atomic E-state index is -0.205. The zero-order chi connectivity index (χ0) is 17.8. The van der Waals surface area contributed by atoms with Gasteiger partial charge >= 0.3 is 0 Å². The molecule has 3 aromatic rings. The van der Waals surface area contributed by atoms with Crippen LogP contribution in [0.2, 0.25) is 0 Å². The first kappa shape index (κ1) is 16.4. The van der Waals surface area contributed by atoms with E-state index in [1.165, 1.54) is 5.57 Å². The lowest BCUT2D eigenvalue weighted by Crippen LogP contribution is -2.11. The van der Waals surface area contributed by atoms with E-state index in [4.69, 9.17) is 4.99 Å². The summed E-state index contributed by atoms with van der Waals surface area (Å²) in [6, 6.07) is 18.9. The van der Waals surface area contributed by atoms with E-state index in [2.05, 4.69) is 11.1 Å². The maximum Gasteiger partial charge on any atom is 0.131 e. The second kappa shape index (κ2) is 7.44. The minimum absolute atomic E-state index is 0.205. The highest BCUT2D eigenvalue weighted by Crippen LogP contribution is 2.27. The van der Waals surface area contributed by atoms with E-state index in [0.29, 0.717) is 5.56 Å². The molecule has 0 spiro atoms. The summed E-state index contributed by atoms with van der Waals surface area (Å²) >= 11 is 0. The van der Waals surface area contributed by atoms with Gasteiger partial charge in [0.2, 0.25) is 0 Å². The summed E-state index contributed by atoms with van der Waals surface area (Å²) in [6.07, 6.45) is 7.73. The molecule has 0 amide bonds. The fourth-order valence-electron chi connectivity index (χ4n) is 3.27. The second-order valence-corrected chi connectivity index (χ2v) is 6.35. The molecule has 0 unspecified atom stereocenters. The average Bonchev–Trinajstić information content (AvgIpc) is 2.71. The fraction of sp³-hybridized carbons (Fsp3) is 0.130. The first-order chi connectivity index (χ1) is 12.8. The van der Waals surface area contributed by atoms with Gasteiger partial charge in [-0.05, 0) is 59.9 Å². The summed E-state index contributed by atoms with van der Waals surface area (Å²) in [5.74, 6) is -0.205. The Kier molecular flexibility index (Phi) is 4.69. The molecule has 4 rings (SSSR count). The average molecular weight is 342 g/mol. The van der Waals surface area contributed by atoms with E-state index >= 15 is 0 Å². The SMILES string of the molecule is Fc1ccc(/C=C2/CCCN=C2c2cccnc2)cc1-c1ccccc1. The number of nitrogens with zero attached hydrogens (tertiary/aromatic N) is 2. The third-order valence-corrected chi connectivity index (χ3v) is 4.53. The maximum atomic E-state index is 14.3. The summed E-state index contributed by atoms with van der Waals surface area (Å²) in [5.41, 5.74) is 5.69. The lowest BCUT2D eigenvalue weighted by atomic mass is 9.94. The molecule has 0 atom stereocenters. The third kappa shape index (κ3) is 3.47. The number of pyridine rings is 1. The van der Waals surface area contributed by atoms with Crippen molar-refractivity contribution >= 4 is 11.8 Å². The molecule has 1 aromatic heterocycles. The zero-order valence-corrected chi connectivity index (χ0v) is 14.4. The first-order valence-electron chi connectivity index (χ1n) is 8.82. The van der Waals surface area contributed by atoms with Gasteiger partial charge in [-0.2, -0.15) is 0 Å². The molecule has 2 aromatic carbocycles. The van der Waals surface area contributed by atoms with Gasteiger partial charge in [-0.1, -0.05) is 36.4 Å².